The molecule has 0 bridgehead atoms. The lowest BCUT2D eigenvalue weighted by Crippen LogP contribution is -1.99. The zero-order valence-electron chi connectivity index (χ0n) is 8.76. The molecule has 4 heteroatoms. The fraction of sp³-hybridized carbons (Fsp3) is 0. The highest BCUT2D eigenvalue weighted by atomic mass is 19.1. The standard InChI is InChI=1S/C13H9FO3/c14-9-4-3-5-10(8-9)17-12-7-2-1-6-11(12)13(15)16/h1-8H,(H,15,16). The number of para-hydroxylation sites is 1. The monoisotopic (exact) mass is 232 g/mol. The Kier molecular flexibility index (Phi) is 3.05. The zero-order valence-corrected chi connectivity index (χ0v) is 8.76. The number of carbonyl (C=O) groups is 1. The normalized spacial score (nSPS) is 9.94. The van der Waals surface area contributed by atoms with E-state index in [4.69, 9.17) is 9.84 Å². The molecular formula is C13H9FO3. The Morgan fingerprint density at radius 3 is 2.59 bits per heavy atom. The lowest BCUT2D eigenvalue weighted by atomic mass is 10.2. The molecule has 0 saturated heterocycles. The van der Waals surface area contributed by atoms with E-state index in [0.29, 0.717) is 0 Å². The first-order valence-corrected chi connectivity index (χ1v) is 4.92. The first-order valence-electron chi connectivity index (χ1n) is 4.92. The molecule has 17 heavy (non-hydrogen) atoms. The van der Waals surface area contributed by atoms with Gasteiger partial charge in [-0.25, -0.2) is 9.18 Å². The van der Waals surface area contributed by atoms with Crippen molar-refractivity contribution in [3.63, 3.8) is 0 Å². The summed E-state index contributed by atoms with van der Waals surface area (Å²) in [5.41, 5.74) is 0.0387. The molecule has 3 nitrogen and oxygen atoms in total. The van der Waals surface area contributed by atoms with E-state index < -0.39 is 11.8 Å². The predicted octanol–water partition coefficient (Wildman–Crippen LogP) is 3.32. The second-order valence-electron chi connectivity index (χ2n) is 3.36. The van der Waals surface area contributed by atoms with Crippen molar-refractivity contribution in [3.8, 4) is 11.5 Å². The van der Waals surface area contributed by atoms with Crippen molar-refractivity contribution >= 4 is 5.97 Å². The predicted molar refractivity (Wildman–Crippen MR) is 59.9 cm³/mol. The first-order chi connectivity index (χ1) is 8.16. The Balaban J connectivity index is 2.33. The third kappa shape index (κ3) is 2.60. The van der Waals surface area contributed by atoms with Crippen molar-refractivity contribution in [2.45, 2.75) is 0 Å². The third-order valence-electron chi connectivity index (χ3n) is 2.14. The molecule has 0 amide bonds. The van der Waals surface area contributed by atoms with Crippen LogP contribution >= 0.6 is 0 Å². The molecule has 0 aliphatic heterocycles. The summed E-state index contributed by atoms with van der Waals surface area (Å²) in [6, 6.07) is 11.7. The van der Waals surface area contributed by atoms with Gasteiger partial charge in [0.1, 0.15) is 22.9 Å². The highest BCUT2D eigenvalue weighted by Crippen LogP contribution is 2.25. The van der Waals surface area contributed by atoms with Crippen molar-refractivity contribution in [1.29, 1.82) is 0 Å². The van der Waals surface area contributed by atoms with E-state index in [1.807, 2.05) is 0 Å². The molecule has 0 fully saturated rings. The van der Waals surface area contributed by atoms with E-state index >= 15 is 0 Å². The number of benzene rings is 2. The van der Waals surface area contributed by atoms with Gasteiger partial charge in [-0.2, -0.15) is 0 Å². The maximum absolute atomic E-state index is 12.9. The second kappa shape index (κ2) is 4.65. The molecule has 0 heterocycles. The minimum Gasteiger partial charge on any atom is -0.478 e. The second-order valence-corrected chi connectivity index (χ2v) is 3.36. The largest absolute Gasteiger partial charge is 0.478 e. The summed E-state index contributed by atoms with van der Waals surface area (Å²) in [4.78, 5) is 10.9. The van der Waals surface area contributed by atoms with Crippen LogP contribution < -0.4 is 4.74 Å². The van der Waals surface area contributed by atoms with Crippen molar-refractivity contribution in [2.75, 3.05) is 0 Å². The van der Waals surface area contributed by atoms with Crippen LogP contribution in [0, 0.1) is 5.82 Å². The summed E-state index contributed by atoms with van der Waals surface area (Å²) in [6.45, 7) is 0. The summed E-state index contributed by atoms with van der Waals surface area (Å²) in [5.74, 6) is -1.07. The van der Waals surface area contributed by atoms with Crippen LogP contribution in [-0.2, 0) is 0 Å². The molecule has 0 saturated carbocycles. The van der Waals surface area contributed by atoms with Crippen LogP contribution in [0.4, 0.5) is 4.39 Å². The molecule has 0 unspecified atom stereocenters. The summed E-state index contributed by atoms with van der Waals surface area (Å²) in [5, 5.41) is 8.94. The average Bonchev–Trinajstić information content (AvgIpc) is 2.29. The van der Waals surface area contributed by atoms with E-state index in [2.05, 4.69) is 0 Å². The van der Waals surface area contributed by atoms with Crippen LogP contribution in [0.25, 0.3) is 0 Å². The Morgan fingerprint density at radius 2 is 1.88 bits per heavy atom. The topological polar surface area (TPSA) is 46.5 Å². The molecule has 0 atom stereocenters. The number of halogens is 1. The minimum absolute atomic E-state index is 0.0387. The molecule has 2 aromatic carbocycles. The van der Waals surface area contributed by atoms with Gasteiger partial charge in [0, 0.05) is 6.07 Å². The van der Waals surface area contributed by atoms with E-state index in [9.17, 15) is 9.18 Å². The quantitative estimate of drug-likeness (QED) is 0.882. The van der Waals surface area contributed by atoms with Crippen LogP contribution in [0.3, 0.4) is 0 Å². The molecule has 0 aliphatic carbocycles. The number of hydrogen-bond donors (Lipinski definition) is 1. The zero-order chi connectivity index (χ0) is 12.3. The van der Waals surface area contributed by atoms with Crippen molar-refractivity contribution in [3.05, 3.63) is 59.9 Å². The number of hydrogen-bond acceptors (Lipinski definition) is 2. The van der Waals surface area contributed by atoms with Crippen molar-refractivity contribution in [2.24, 2.45) is 0 Å². The van der Waals surface area contributed by atoms with E-state index in [1.54, 1.807) is 18.2 Å². The van der Waals surface area contributed by atoms with Gasteiger partial charge in [-0.05, 0) is 24.3 Å². The number of carboxylic acid groups (broad SMARTS) is 1. The van der Waals surface area contributed by atoms with Crippen molar-refractivity contribution < 1.29 is 19.0 Å². The molecule has 2 aromatic rings. The molecule has 0 aromatic heterocycles. The molecular weight excluding hydrogens is 223 g/mol. The van der Waals surface area contributed by atoms with Gasteiger partial charge in [-0.15, -0.1) is 0 Å². The van der Waals surface area contributed by atoms with E-state index in [-0.39, 0.29) is 17.1 Å². The van der Waals surface area contributed by atoms with Gasteiger partial charge in [0.05, 0.1) is 0 Å². The Morgan fingerprint density at radius 1 is 1.12 bits per heavy atom. The Labute approximate surface area is 97.1 Å². The highest BCUT2D eigenvalue weighted by Gasteiger charge is 2.10. The molecule has 0 radical (unpaired) electrons. The van der Waals surface area contributed by atoms with Gasteiger partial charge in [0.2, 0.25) is 0 Å². The van der Waals surface area contributed by atoms with Crippen molar-refractivity contribution in [1.82, 2.24) is 0 Å². The summed E-state index contributed by atoms with van der Waals surface area (Å²) in [6.07, 6.45) is 0. The van der Waals surface area contributed by atoms with E-state index in [0.717, 1.165) is 0 Å². The van der Waals surface area contributed by atoms with Crippen LogP contribution in [-0.4, -0.2) is 11.1 Å². The summed E-state index contributed by atoms with van der Waals surface area (Å²) < 4.78 is 18.3. The number of rotatable bonds is 3. The first kappa shape index (κ1) is 11.1. The molecule has 1 N–H and O–H groups in total. The lowest BCUT2D eigenvalue weighted by molar-refractivity contribution is 0.0694. The minimum atomic E-state index is -1.09. The third-order valence-corrected chi connectivity index (χ3v) is 2.14. The molecule has 0 spiro atoms. The maximum Gasteiger partial charge on any atom is 0.339 e. The lowest BCUT2D eigenvalue weighted by Gasteiger charge is -2.08. The van der Waals surface area contributed by atoms with Gasteiger partial charge in [-0.3, -0.25) is 0 Å². The Hall–Kier alpha value is -2.36. The van der Waals surface area contributed by atoms with Crippen LogP contribution in [0.1, 0.15) is 10.4 Å². The summed E-state index contributed by atoms with van der Waals surface area (Å²) in [7, 11) is 0. The molecule has 0 aliphatic rings. The number of aromatic carboxylic acids is 1. The smallest absolute Gasteiger partial charge is 0.339 e. The SMILES string of the molecule is O=C(O)c1ccccc1Oc1cccc(F)c1. The van der Waals surface area contributed by atoms with E-state index in [1.165, 1.54) is 30.3 Å². The van der Waals surface area contributed by atoms with Crippen LogP contribution in [0.5, 0.6) is 11.5 Å². The maximum atomic E-state index is 12.9. The molecule has 2 rings (SSSR count). The van der Waals surface area contributed by atoms with Crippen LogP contribution in [0.2, 0.25) is 0 Å². The highest BCUT2D eigenvalue weighted by molar-refractivity contribution is 5.90. The number of carboxylic acids is 1. The van der Waals surface area contributed by atoms with Gasteiger partial charge in [-0.1, -0.05) is 18.2 Å². The van der Waals surface area contributed by atoms with Gasteiger partial charge in [0.25, 0.3) is 0 Å². The average molecular weight is 232 g/mol. The van der Waals surface area contributed by atoms with Gasteiger partial charge < -0.3 is 9.84 Å². The van der Waals surface area contributed by atoms with Gasteiger partial charge >= 0.3 is 5.97 Å². The Bertz CT molecular complexity index is 552. The number of ether oxygens (including phenoxy) is 1. The van der Waals surface area contributed by atoms with Crippen LogP contribution in [0.15, 0.2) is 48.5 Å². The van der Waals surface area contributed by atoms with Gasteiger partial charge in [0.15, 0.2) is 0 Å². The fourth-order valence-corrected chi connectivity index (χ4v) is 1.39. The fourth-order valence-electron chi connectivity index (χ4n) is 1.39. The molecule has 86 valence electrons. The summed E-state index contributed by atoms with van der Waals surface area (Å²) >= 11 is 0.